The van der Waals surface area contributed by atoms with Gasteiger partial charge in [-0.2, -0.15) is 0 Å². The molecule has 6 heteroatoms. The van der Waals surface area contributed by atoms with E-state index in [4.69, 9.17) is 0 Å². The second-order valence-corrected chi connectivity index (χ2v) is 6.79. The van der Waals surface area contributed by atoms with Crippen LogP contribution in [-0.2, 0) is 0 Å². The average Bonchev–Trinajstić information content (AvgIpc) is 2.57. The van der Waals surface area contributed by atoms with Crippen LogP contribution < -0.4 is 0 Å². The summed E-state index contributed by atoms with van der Waals surface area (Å²) in [6, 6.07) is 15.2. The van der Waals surface area contributed by atoms with E-state index >= 15 is 0 Å². The average molecular weight is 440 g/mol. The maximum absolute atomic E-state index is 9.21. The van der Waals surface area contributed by atoms with Gasteiger partial charge in [0.1, 0.15) is 0 Å². The number of nitrogens with zero attached hydrogens (tertiary/aromatic N) is 2. The maximum Gasteiger partial charge on any atom is 0.0867 e. The minimum absolute atomic E-state index is 0.591. The molecule has 0 saturated carbocycles. The van der Waals surface area contributed by atoms with Crippen LogP contribution in [-0.4, -0.2) is 21.8 Å². The largest absolute Gasteiger partial charge is 0.411 e. The normalized spacial score (nSPS) is 12.4. The molecule has 0 unspecified atom stereocenters. The Kier molecular flexibility index (Phi) is 6.80. The number of hydrogen-bond donors (Lipinski definition) is 2. The molecule has 4 nitrogen and oxygen atoms in total. The monoisotopic (exact) mass is 438 g/mol. The van der Waals surface area contributed by atoms with Crippen LogP contribution in [0.1, 0.15) is 30.4 Å². The van der Waals surface area contributed by atoms with Crippen molar-refractivity contribution in [2.45, 2.75) is 19.3 Å². The summed E-state index contributed by atoms with van der Waals surface area (Å²) in [5, 5.41) is 25.2. The first-order valence-corrected chi connectivity index (χ1v) is 8.66. The van der Waals surface area contributed by atoms with Gasteiger partial charge in [0.25, 0.3) is 0 Å². The molecule has 2 aromatic carbocycles. The molecule has 0 fully saturated rings. The Morgan fingerprint density at radius 2 is 1.04 bits per heavy atom. The second-order valence-electron chi connectivity index (χ2n) is 4.96. The van der Waals surface area contributed by atoms with E-state index in [1.165, 1.54) is 0 Å². The molecule has 0 spiro atoms. The van der Waals surface area contributed by atoms with Crippen molar-refractivity contribution in [3.63, 3.8) is 0 Å². The van der Waals surface area contributed by atoms with Gasteiger partial charge in [-0.1, -0.05) is 66.4 Å². The van der Waals surface area contributed by atoms with E-state index in [-0.39, 0.29) is 0 Å². The van der Waals surface area contributed by atoms with Gasteiger partial charge in [0.2, 0.25) is 0 Å². The Balaban J connectivity index is 1.96. The van der Waals surface area contributed by atoms with Crippen molar-refractivity contribution in [2.75, 3.05) is 0 Å². The van der Waals surface area contributed by atoms with Gasteiger partial charge in [0.15, 0.2) is 0 Å². The summed E-state index contributed by atoms with van der Waals surface area (Å²) < 4.78 is 1.95. The minimum atomic E-state index is 0.591. The Hall–Kier alpha value is -1.66. The lowest BCUT2D eigenvalue weighted by Crippen LogP contribution is -2.05. The van der Waals surface area contributed by atoms with E-state index in [0.717, 1.165) is 20.1 Å². The van der Waals surface area contributed by atoms with Gasteiger partial charge >= 0.3 is 0 Å². The van der Waals surface area contributed by atoms with Crippen LogP contribution in [0.5, 0.6) is 0 Å². The summed E-state index contributed by atoms with van der Waals surface area (Å²) in [7, 11) is 0. The fourth-order valence-corrected chi connectivity index (χ4v) is 2.74. The molecule has 0 aliphatic carbocycles. The lowest BCUT2D eigenvalue weighted by molar-refractivity contribution is 0.317. The molecular formula is C17H16Br2N2O2. The smallest absolute Gasteiger partial charge is 0.0867 e. The van der Waals surface area contributed by atoms with E-state index in [1.807, 2.05) is 48.5 Å². The van der Waals surface area contributed by atoms with Gasteiger partial charge in [-0.15, -0.1) is 0 Å². The Bertz CT molecular complexity index is 634. The summed E-state index contributed by atoms with van der Waals surface area (Å²) in [5.41, 5.74) is 2.99. The molecule has 0 saturated heterocycles. The third-order valence-corrected chi connectivity index (χ3v) is 4.48. The molecule has 0 bridgehead atoms. The summed E-state index contributed by atoms with van der Waals surface area (Å²) >= 11 is 6.76. The topological polar surface area (TPSA) is 65.2 Å². The van der Waals surface area contributed by atoms with Crippen molar-refractivity contribution in [2.24, 2.45) is 10.3 Å². The van der Waals surface area contributed by atoms with E-state index in [1.54, 1.807) is 0 Å². The highest BCUT2D eigenvalue weighted by Gasteiger charge is 2.08. The quantitative estimate of drug-likeness (QED) is 0.357. The summed E-state index contributed by atoms with van der Waals surface area (Å²) in [6.45, 7) is 0. The fraction of sp³-hybridized carbons (Fsp3) is 0.176. The first kappa shape index (κ1) is 17.7. The zero-order chi connectivity index (χ0) is 16.7. The highest BCUT2D eigenvalue weighted by molar-refractivity contribution is 9.10. The predicted octanol–water partition coefficient (Wildman–Crippen LogP) is 5.44. The van der Waals surface area contributed by atoms with Crippen molar-refractivity contribution >= 4 is 43.3 Å². The standard InChI is InChI=1S/C17H16Br2N2O2/c18-14-8-4-12(5-9-14)16(20-22)2-1-3-17(21-23)13-6-10-15(19)11-7-13/h4-11,22-23H,1-3H2/b20-16-,21-17-. The van der Waals surface area contributed by atoms with Crippen LogP contribution in [0.2, 0.25) is 0 Å². The molecule has 0 radical (unpaired) electrons. The number of oxime groups is 2. The van der Waals surface area contributed by atoms with Gasteiger partial charge in [0, 0.05) is 8.95 Å². The highest BCUT2D eigenvalue weighted by Crippen LogP contribution is 2.16. The molecule has 2 N–H and O–H groups in total. The summed E-state index contributed by atoms with van der Waals surface area (Å²) in [4.78, 5) is 0. The Morgan fingerprint density at radius 1 is 0.696 bits per heavy atom. The van der Waals surface area contributed by atoms with E-state index in [0.29, 0.717) is 30.7 Å². The van der Waals surface area contributed by atoms with E-state index in [2.05, 4.69) is 42.2 Å². The highest BCUT2D eigenvalue weighted by atomic mass is 79.9. The third-order valence-electron chi connectivity index (χ3n) is 3.42. The van der Waals surface area contributed by atoms with Gasteiger partial charge in [-0.25, -0.2) is 0 Å². The number of benzene rings is 2. The zero-order valence-corrected chi connectivity index (χ0v) is 15.5. The van der Waals surface area contributed by atoms with Crippen LogP contribution in [0.3, 0.4) is 0 Å². The van der Waals surface area contributed by atoms with Crippen molar-refractivity contribution in [1.82, 2.24) is 0 Å². The molecule has 23 heavy (non-hydrogen) atoms. The molecule has 2 aromatic rings. The molecule has 120 valence electrons. The summed E-state index contributed by atoms with van der Waals surface area (Å²) in [6.07, 6.45) is 1.90. The van der Waals surface area contributed by atoms with Crippen LogP contribution in [0.15, 0.2) is 67.8 Å². The lowest BCUT2D eigenvalue weighted by Gasteiger charge is -2.07. The van der Waals surface area contributed by atoms with Crippen molar-refractivity contribution in [1.29, 1.82) is 0 Å². The molecule has 2 rings (SSSR count). The first-order valence-electron chi connectivity index (χ1n) is 7.08. The third kappa shape index (κ3) is 5.18. The maximum atomic E-state index is 9.21. The zero-order valence-electron chi connectivity index (χ0n) is 12.3. The molecule has 0 aliphatic heterocycles. The van der Waals surface area contributed by atoms with Gasteiger partial charge in [0.05, 0.1) is 11.4 Å². The van der Waals surface area contributed by atoms with Crippen LogP contribution in [0.25, 0.3) is 0 Å². The molecular weight excluding hydrogens is 424 g/mol. The fourth-order valence-electron chi connectivity index (χ4n) is 2.21. The molecule has 0 heterocycles. The SMILES string of the molecule is O/N=C(/CCC/C(=N/O)c1ccc(Br)cc1)c1ccc(Br)cc1. The molecule has 0 atom stereocenters. The van der Waals surface area contributed by atoms with Crippen LogP contribution in [0.4, 0.5) is 0 Å². The molecule has 0 aromatic heterocycles. The van der Waals surface area contributed by atoms with Crippen LogP contribution >= 0.6 is 31.9 Å². The number of hydrogen-bond acceptors (Lipinski definition) is 4. The van der Waals surface area contributed by atoms with E-state index in [9.17, 15) is 10.4 Å². The van der Waals surface area contributed by atoms with Crippen molar-refractivity contribution < 1.29 is 10.4 Å². The second kappa shape index (κ2) is 8.84. The van der Waals surface area contributed by atoms with Crippen molar-refractivity contribution in [3.05, 3.63) is 68.6 Å². The van der Waals surface area contributed by atoms with Gasteiger partial charge in [-0.3, -0.25) is 0 Å². The number of rotatable bonds is 6. The Labute approximate surface area is 151 Å². The van der Waals surface area contributed by atoms with Gasteiger partial charge < -0.3 is 10.4 Å². The Morgan fingerprint density at radius 3 is 1.35 bits per heavy atom. The summed E-state index contributed by atoms with van der Waals surface area (Å²) in [5.74, 6) is 0. The van der Waals surface area contributed by atoms with E-state index < -0.39 is 0 Å². The minimum Gasteiger partial charge on any atom is -0.411 e. The first-order chi connectivity index (χ1) is 11.1. The van der Waals surface area contributed by atoms with Crippen LogP contribution in [0, 0.1) is 0 Å². The molecule has 0 amide bonds. The predicted molar refractivity (Wildman–Crippen MR) is 98.8 cm³/mol. The van der Waals surface area contributed by atoms with Gasteiger partial charge in [-0.05, 0) is 54.7 Å². The lowest BCUT2D eigenvalue weighted by atomic mass is 10.0. The molecule has 0 aliphatic rings. The van der Waals surface area contributed by atoms with Crippen molar-refractivity contribution in [3.8, 4) is 0 Å². The number of halogens is 2.